The first-order chi connectivity index (χ1) is 47.5. The van der Waals surface area contributed by atoms with Gasteiger partial charge in [-0.15, -0.1) is 11.5 Å². The van der Waals surface area contributed by atoms with Gasteiger partial charge < -0.3 is 81.2 Å². The van der Waals surface area contributed by atoms with Crippen LogP contribution in [-0.4, -0.2) is 111 Å². The molecule has 0 aliphatic carbocycles. The summed E-state index contributed by atoms with van der Waals surface area (Å²) in [6.07, 6.45) is 33.6. The summed E-state index contributed by atoms with van der Waals surface area (Å²) in [6, 6.07) is 35.5. The fourth-order valence-electron chi connectivity index (χ4n) is 14.4. The zero-order valence-corrected chi connectivity index (χ0v) is 67.8. The molecular weight excluding hydrogens is 1500 g/mol. The lowest BCUT2D eigenvalue weighted by Crippen LogP contribution is -3.00. The Bertz CT molecular complexity index is 3840. The molecule has 4 aromatic rings. The van der Waals surface area contributed by atoms with Crippen molar-refractivity contribution in [2.75, 3.05) is 62.3 Å². The predicted octanol–water partition coefficient (Wildman–Crippen LogP) is 10.7. The van der Waals surface area contributed by atoms with Crippen molar-refractivity contribution in [3.8, 4) is 24.2 Å². The molecule has 0 radical (unpaired) electrons. The van der Waals surface area contributed by atoms with Gasteiger partial charge >= 0.3 is 14.8 Å². The largest absolute Gasteiger partial charge is 1.00 e. The van der Waals surface area contributed by atoms with Crippen LogP contribution in [0, 0.1) is 24.2 Å². The summed E-state index contributed by atoms with van der Waals surface area (Å²) < 4.78 is 22.7. The molecule has 9 rings (SSSR count). The van der Waals surface area contributed by atoms with Crippen LogP contribution in [0.15, 0.2) is 169 Å². The van der Waals surface area contributed by atoms with E-state index >= 15 is 0 Å². The number of rotatable bonds is 31. The number of para-hydroxylation sites is 4. The van der Waals surface area contributed by atoms with Gasteiger partial charge in [-0.2, -0.15) is 9.15 Å². The molecule has 1 fully saturated rings. The van der Waals surface area contributed by atoms with Crippen LogP contribution in [0.2, 0.25) is 6.04 Å². The van der Waals surface area contributed by atoms with Crippen LogP contribution in [0.3, 0.4) is 0 Å². The molecule has 0 unspecified atom stereocenters. The molecule has 17 heteroatoms. The average Bonchev–Trinajstić information content (AvgIpc) is 1.63. The normalized spacial score (nSPS) is 17.3. The number of anilines is 2. The fraction of sp³-hybridized carbons (Fsp3) is 0.452. The number of hydrogen-bond donors (Lipinski definition) is 1. The van der Waals surface area contributed by atoms with Crippen LogP contribution < -0.4 is 63.1 Å². The number of terminal acetylenes is 1. The highest BCUT2D eigenvalue weighted by Crippen LogP contribution is 2.49. The molecule has 0 saturated carbocycles. The van der Waals surface area contributed by atoms with Crippen LogP contribution in [0.1, 0.15) is 190 Å². The number of fused-ring (bicyclic) bond motifs is 4. The topological polar surface area (TPSA) is 133 Å². The van der Waals surface area contributed by atoms with E-state index in [0.717, 1.165) is 64.7 Å². The third-order valence-corrected chi connectivity index (χ3v) is 22.5. The van der Waals surface area contributed by atoms with Gasteiger partial charge in [-0.05, 0) is 149 Å². The van der Waals surface area contributed by atoms with Gasteiger partial charge in [0, 0.05) is 153 Å². The molecule has 5 aliphatic rings. The van der Waals surface area contributed by atoms with Crippen molar-refractivity contribution in [3.05, 3.63) is 191 Å². The minimum absolute atomic E-state index is 0. The second kappa shape index (κ2) is 40.2. The Hall–Kier alpha value is -6.98. The number of nitrogens with zero attached hydrogens (tertiary/aromatic N) is 5. The lowest BCUT2D eigenvalue weighted by molar-refractivity contribution is -0.438. The van der Waals surface area contributed by atoms with E-state index in [1.54, 1.807) is 6.92 Å². The molecule has 0 spiro atoms. The van der Waals surface area contributed by atoms with Gasteiger partial charge in [-0.25, -0.2) is 4.79 Å². The maximum Gasteiger partial charge on any atom is 0.500 e. The molecule has 5 aliphatic heterocycles. The Morgan fingerprint density at radius 1 is 0.545 bits per heavy atom. The summed E-state index contributed by atoms with van der Waals surface area (Å²) >= 11 is 0. The van der Waals surface area contributed by atoms with E-state index < -0.39 is 26.6 Å². The Labute approximate surface area is 639 Å². The smallest absolute Gasteiger partial charge is 0.500 e. The fourth-order valence-corrected chi connectivity index (χ4v) is 17.0. The number of halogens is 2. The minimum atomic E-state index is -2.67. The van der Waals surface area contributed by atoms with Crippen molar-refractivity contribution in [3.63, 3.8) is 0 Å². The van der Waals surface area contributed by atoms with Crippen LogP contribution in [0.5, 0.6) is 0 Å². The van der Waals surface area contributed by atoms with Crippen LogP contribution >= 0.6 is 0 Å². The average molecular weight is 1610 g/mol. The lowest BCUT2D eigenvalue weighted by Gasteiger charge is -2.28. The second-order valence-electron chi connectivity index (χ2n) is 27.3. The highest BCUT2D eigenvalue weighted by molar-refractivity contribution is 6.60. The van der Waals surface area contributed by atoms with Gasteiger partial charge in [0.2, 0.25) is 17.3 Å². The van der Waals surface area contributed by atoms with Gasteiger partial charge in [0.05, 0.1) is 10.8 Å². The number of benzene rings is 4. The molecule has 0 aromatic heterocycles. The number of nitrogens with one attached hydrogen (secondary N) is 1. The van der Waals surface area contributed by atoms with Crippen molar-refractivity contribution in [1.29, 1.82) is 0 Å². The zero-order valence-electron chi connectivity index (χ0n) is 62.5. The zero-order chi connectivity index (χ0) is 71.8. The van der Waals surface area contributed by atoms with Crippen LogP contribution in [-0.2, 0) is 59.0 Å². The van der Waals surface area contributed by atoms with Gasteiger partial charge in [-0.1, -0.05) is 143 Å². The summed E-state index contributed by atoms with van der Waals surface area (Å²) in [7, 11) is -2.67. The summed E-state index contributed by atoms with van der Waals surface area (Å²) in [6.45, 7) is 36.4. The molecule has 1 N–H and O–H groups in total. The van der Waals surface area contributed by atoms with Crippen molar-refractivity contribution in [2.24, 2.45) is 0 Å². The third kappa shape index (κ3) is 20.9. The Kier molecular flexibility index (Phi) is 33.7. The molecule has 1 saturated heterocycles. The molecule has 0 atom stereocenters. The summed E-state index contributed by atoms with van der Waals surface area (Å²) in [5.41, 5.74) is 15.4. The first kappa shape index (κ1) is 84.7. The lowest BCUT2D eigenvalue weighted by atomic mass is 9.81. The maximum atomic E-state index is 12.6. The van der Waals surface area contributed by atoms with E-state index in [-0.39, 0.29) is 94.8 Å². The number of carbonyl (C=O) groups is 4. The van der Waals surface area contributed by atoms with Gasteiger partial charge in [0.15, 0.2) is 11.4 Å². The van der Waals surface area contributed by atoms with E-state index in [2.05, 4.69) is 269 Å². The van der Waals surface area contributed by atoms with E-state index in [1.807, 2.05) is 20.8 Å². The van der Waals surface area contributed by atoms with Gasteiger partial charge in [0.25, 0.3) is 11.8 Å². The van der Waals surface area contributed by atoms with E-state index in [4.69, 9.17) is 24.5 Å². The molecule has 3 amide bonds. The molecule has 4 aromatic carbocycles. The van der Waals surface area contributed by atoms with Crippen molar-refractivity contribution < 1.29 is 94.4 Å². The highest BCUT2D eigenvalue weighted by Gasteiger charge is 2.46. The van der Waals surface area contributed by atoms with Gasteiger partial charge in [0.1, 0.15) is 13.1 Å². The monoisotopic (exact) mass is 1610 g/mol. The summed E-state index contributed by atoms with van der Waals surface area (Å²) in [5, 5.41) is 3.71. The maximum absolute atomic E-state index is 12.6. The summed E-state index contributed by atoms with van der Waals surface area (Å²) in [4.78, 5) is 58.0. The van der Waals surface area contributed by atoms with Crippen molar-refractivity contribution in [2.45, 2.75) is 195 Å². The van der Waals surface area contributed by atoms with Gasteiger partial charge in [-0.3, -0.25) is 14.4 Å². The number of hydroxylamine groups is 2. The Balaban J connectivity index is 0.000000337. The first-order valence-corrected chi connectivity index (χ1v) is 37.9. The number of carbonyl (C=O) groups excluding carboxylic acids is 4. The number of likely N-dealkylation sites (N-methyl/N-ethyl adjacent to an activating group) is 2. The Morgan fingerprint density at radius 3 is 1.37 bits per heavy atom. The van der Waals surface area contributed by atoms with Crippen LogP contribution in [0.25, 0.3) is 0 Å². The molecule has 0 bridgehead atoms. The van der Waals surface area contributed by atoms with Crippen molar-refractivity contribution in [1.82, 2.24) is 10.4 Å². The number of amides is 3. The second-order valence-corrected chi connectivity index (χ2v) is 30.1. The predicted molar refractivity (Wildman–Crippen MR) is 406 cm³/mol. The molecule has 14 nitrogen and oxygen atoms in total. The number of hydrogen-bond acceptors (Lipinski definition) is 10. The van der Waals surface area contributed by atoms with E-state index in [9.17, 15) is 19.2 Å². The van der Waals surface area contributed by atoms with E-state index in [1.165, 1.54) is 67.8 Å². The quantitative estimate of drug-likeness (QED) is 0.00988. The number of allylic oxidation sites excluding steroid dienone is 12. The van der Waals surface area contributed by atoms with Crippen LogP contribution in [0.4, 0.5) is 22.7 Å². The minimum Gasteiger partial charge on any atom is -1.00 e. The molecule has 5 heterocycles. The van der Waals surface area contributed by atoms with Crippen molar-refractivity contribution >= 4 is 66.7 Å². The molecular formula is C84H110I2N6O8Si. The number of unbranched alkanes of at least 4 members (excludes halogenated alkanes) is 4. The Morgan fingerprint density at radius 2 is 0.960 bits per heavy atom. The standard InChI is InChI=1S/C42H61N3O4Si.C37H44N3O4.C5H4.2HI/c1-9-44-36-26-20-18-24-34(36)41(5,6)38(44)28-15-13-16-29-39-42(7,8)35-25-19-21-27-37(35)45(39)32-22-14-17-30-40(46)43-31-23-33-50(47-10-2,48-11-3)49-12-4;1-6-38-29-19-14-12-17-27(29)36(2,3)31(38)21-9-7-10-22-32-37(4,5)28-18-13-15-20-30(28)39(32)26-16-8-11-23-35(43)44-40-33(41)24-25-34(40)42;1-3-5-4-2;;/h13,15-16,18-21,24-29H,9-12,14,17,22-23,30-33H2,1-8H3;7,9-10,12-15,17-22H,6,8,11,16,23-26H2,1-5H3;1H,2H3;2*1H/q;+1;;;/p-1. The molecule has 542 valence electrons. The first-order valence-electron chi connectivity index (χ1n) is 36.0. The highest BCUT2D eigenvalue weighted by atomic mass is 127. The summed E-state index contributed by atoms with van der Waals surface area (Å²) in [5.74, 6) is 5.75. The molecule has 101 heavy (non-hydrogen) atoms. The number of imide groups is 1. The third-order valence-electron chi connectivity index (χ3n) is 19.3. The van der Waals surface area contributed by atoms with E-state index in [0.29, 0.717) is 50.3 Å². The SMILES string of the molecule is C#CC#CC.CCN1C(=CC=CC=CC2=[N+](CCCCCC(=O)ON3C(=O)CCC3=O)c3ccccc3C2(C)C)C(C)(C)c2ccccc21.CCO[Si](CCCNC(=O)CCCCC[N+]1=C(C=CC=CC=C2N(CC)c3ccccc3C2(C)C)C(C)(C)c2ccccc21)(OCC)OCC.[I-].[I-].